The predicted octanol–water partition coefficient (Wildman–Crippen LogP) is 4.13. The van der Waals surface area contributed by atoms with Gasteiger partial charge in [-0.05, 0) is 55.3 Å². The van der Waals surface area contributed by atoms with Crippen molar-refractivity contribution in [2.45, 2.75) is 11.8 Å². The van der Waals surface area contributed by atoms with Crippen molar-refractivity contribution in [2.24, 2.45) is 0 Å². The molecule has 0 amide bonds. The highest BCUT2D eigenvalue weighted by atomic mass is 35.5. The molecule has 0 saturated heterocycles. The maximum atomic E-state index is 11.9. The van der Waals surface area contributed by atoms with Gasteiger partial charge >= 0.3 is 0 Å². The van der Waals surface area contributed by atoms with Crippen LogP contribution in [-0.2, 0) is 0 Å². The van der Waals surface area contributed by atoms with Gasteiger partial charge in [-0.2, -0.15) is 0 Å². The average molecular weight is 292 g/mol. The summed E-state index contributed by atoms with van der Waals surface area (Å²) in [7, 11) is 0. The molecule has 19 heavy (non-hydrogen) atoms. The molecule has 0 saturated carbocycles. The van der Waals surface area contributed by atoms with Gasteiger partial charge in [0.25, 0.3) is 0 Å². The van der Waals surface area contributed by atoms with Crippen LogP contribution in [0.25, 0.3) is 0 Å². The number of carbonyl (C=O) groups is 1. The molecule has 0 unspecified atom stereocenters. The topological polar surface area (TPSA) is 29.1 Å². The highest BCUT2D eigenvalue weighted by Crippen LogP contribution is 2.15. The Hall–Kier alpha value is -1.29. The number of halogens is 1. The Morgan fingerprint density at radius 2 is 1.74 bits per heavy atom. The zero-order valence-corrected chi connectivity index (χ0v) is 12.1. The Morgan fingerprint density at radius 1 is 1.11 bits per heavy atom. The van der Waals surface area contributed by atoms with E-state index < -0.39 is 0 Å². The number of Topliss-reactive ketones (excluding diaryl/α,β-unsaturated/α-hetero) is 1. The van der Waals surface area contributed by atoms with Crippen LogP contribution in [0, 0.1) is 6.92 Å². The summed E-state index contributed by atoms with van der Waals surface area (Å²) in [6, 6.07) is 15.1. The number of aryl methyl sites for hydroxylation is 1. The molecule has 0 atom stereocenters. The van der Waals surface area contributed by atoms with E-state index in [0.29, 0.717) is 17.1 Å². The van der Waals surface area contributed by atoms with Crippen LogP contribution in [0.15, 0.2) is 53.4 Å². The van der Waals surface area contributed by atoms with Gasteiger partial charge in [0.2, 0.25) is 0 Å². The number of rotatable bonds is 5. The van der Waals surface area contributed by atoms with Crippen molar-refractivity contribution in [1.82, 2.24) is 4.72 Å². The fourth-order valence-corrected chi connectivity index (χ4v) is 2.30. The van der Waals surface area contributed by atoms with Gasteiger partial charge in [-0.3, -0.25) is 9.52 Å². The highest BCUT2D eigenvalue weighted by molar-refractivity contribution is 7.97. The molecule has 0 spiro atoms. The number of carbonyl (C=O) groups excluding carboxylic acids is 1. The quantitative estimate of drug-likeness (QED) is 0.663. The molecule has 0 aromatic heterocycles. The second kappa shape index (κ2) is 6.75. The smallest absolute Gasteiger partial charge is 0.177 e. The van der Waals surface area contributed by atoms with E-state index in [9.17, 15) is 4.79 Å². The van der Waals surface area contributed by atoms with Gasteiger partial charge in [-0.1, -0.05) is 29.3 Å². The molecule has 98 valence electrons. The summed E-state index contributed by atoms with van der Waals surface area (Å²) in [5, 5.41) is 0.638. The van der Waals surface area contributed by atoms with Gasteiger partial charge in [0.1, 0.15) is 0 Å². The zero-order valence-electron chi connectivity index (χ0n) is 10.5. The highest BCUT2D eigenvalue weighted by Gasteiger charge is 2.05. The van der Waals surface area contributed by atoms with E-state index in [1.807, 2.05) is 31.2 Å². The van der Waals surface area contributed by atoms with Gasteiger partial charge in [0.05, 0.1) is 6.54 Å². The largest absolute Gasteiger partial charge is 0.293 e. The first kappa shape index (κ1) is 14.1. The predicted molar refractivity (Wildman–Crippen MR) is 80.8 cm³/mol. The molecule has 4 heteroatoms. The fraction of sp³-hybridized carbons (Fsp3) is 0.133. The summed E-state index contributed by atoms with van der Waals surface area (Å²) in [4.78, 5) is 13.0. The Morgan fingerprint density at radius 3 is 2.37 bits per heavy atom. The summed E-state index contributed by atoms with van der Waals surface area (Å²) in [5.41, 5.74) is 1.89. The van der Waals surface area contributed by atoms with E-state index in [1.54, 1.807) is 24.3 Å². The van der Waals surface area contributed by atoms with Crippen molar-refractivity contribution < 1.29 is 4.79 Å². The van der Waals surface area contributed by atoms with Crippen molar-refractivity contribution >= 4 is 29.3 Å². The molecule has 2 rings (SSSR count). The Kier molecular flexibility index (Phi) is 5.02. The third-order valence-corrected chi connectivity index (χ3v) is 3.66. The molecule has 0 aliphatic carbocycles. The lowest BCUT2D eigenvalue weighted by Gasteiger charge is -2.04. The third-order valence-electron chi connectivity index (χ3n) is 2.61. The Labute approximate surface area is 122 Å². The van der Waals surface area contributed by atoms with Crippen LogP contribution >= 0.6 is 23.5 Å². The molecule has 0 bridgehead atoms. The van der Waals surface area contributed by atoms with Crippen LogP contribution in [0.5, 0.6) is 0 Å². The average Bonchev–Trinajstić information content (AvgIpc) is 2.41. The third kappa shape index (κ3) is 4.39. The molecule has 1 N–H and O–H groups in total. The van der Waals surface area contributed by atoms with Gasteiger partial charge in [0, 0.05) is 15.5 Å². The monoisotopic (exact) mass is 291 g/mol. The molecule has 0 heterocycles. The molecule has 0 radical (unpaired) electrons. The van der Waals surface area contributed by atoms with Gasteiger partial charge < -0.3 is 0 Å². The molecule has 0 fully saturated rings. The van der Waals surface area contributed by atoms with Crippen molar-refractivity contribution in [3.63, 3.8) is 0 Å². The lowest BCUT2D eigenvalue weighted by atomic mass is 10.1. The van der Waals surface area contributed by atoms with E-state index in [0.717, 1.165) is 4.90 Å². The normalized spacial score (nSPS) is 10.4. The lowest BCUT2D eigenvalue weighted by Crippen LogP contribution is -2.16. The number of nitrogens with one attached hydrogen (secondary N) is 1. The zero-order chi connectivity index (χ0) is 13.7. The number of hydrogen-bond donors (Lipinski definition) is 1. The second-order valence-electron chi connectivity index (χ2n) is 4.17. The summed E-state index contributed by atoms with van der Waals surface area (Å²) >= 11 is 7.24. The molecule has 2 aromatic rings. The SMILES string of the molecule is Cc1ccc(SNCC(=O)c2ccc(Cl)cc2)cc1. The van der Waals surface area contributed by atoms with Crippen molar-refractivity contribution in [3.05, 3.63) is 64.7 Å². The lowest BCUT2D eigenvalue weighted by molar-refractivity contribution is 0.0998. The van der Waals surface area contributed by atoms with E-state index in [-0.39, 0.29) is 5.78 Å². The minimum Gasteiger partial charge on any atom is -0.293 e. The van der Waals surface area contributed by atoms with Gasteiger partial charge in [0.15, 0.2) is 5.78 Å². The maximum absolute atomic E-state index is 11.9. The second-order valence-corrected chi connectivity index (χ2v) is 5.57. The van der Waals surface area contributed by atoms with E-state index in [1.165, 1.54) is 17.5 Å². The first-order valence-corrected chi connectivity index (χ1v) is 7.10. The first-order valence-electron chi connectivity index (χ1n) is 5.90. The van der Waals surface area contributed by atoms with E-state index in [4.69, 9.17) is 11.6 Å². The standard InChI is InChI=1S/C15H14ClNOS/c1-11-2-8-14(9-3-11)19-17-10-15(18)12-4-6-13(16)7-5-12/h2-9,17H,10H2,1H3. The summed E-state index contributed by atoms with van der Waals surface area (Å²) in [6.07, 6.45) is 0. The van der Waals surface area contributed by atoms with Crippen LogP contribution in [0.2, 0.25) is 5.02 Å². The molecular weight excluding hydrogens is 278 g/mol. The molecule has 0 aliphatic heterocycles. The maximum Gasteiger partial charge on any atom is 0.177 e. The van der Waals surface area contributed by atoms with Crippen molar-refractivity contribution in [1.29, 1.82) is 0 Å². The Balaban J connectivity index is 1.84. The number of hydrogen-bond acceptors (Lipinski definition) is 3. The van der Waals surface area contributed by atoms with Crippen LogP contribution < -0.4 is 4.72 Å². The molecule has 2 nitrogen and oxygen atoms in total. The summed E-state index contributed by atoms with van der Waals surface area (Å²) < 4.78 is 3.07. The fourth-order valence-electron chi connectivity index (χ4n) is 1.53. The van der Waals surface area contributed by atoms with Gasteiger partial charge in [-0.15, -0.1) is 0 Å². The molecular formula is C15H14ClNOS. The number of ketones is 1. The summed E-state index contributed by atoms with van der Waals surface area (Å²) in [6.45, 7) is 2.34. The van der Waals surface area contributed by atoms with Crippen molar-refractivity contribution in [2.75, 3.05) is 6.54 Å². The first-order chi connectivity index (χ1) is 9.15. The minimum absolute atomic E-state index is 0.0521. The minimum atomic E-state index is 0.0521. The Bertz CT molecular complexity index is 551. The van der Waals surface area contributed by atoms with Crippen LogP contribution in [-0.4, -0.2) is 12.3 Å². The molecule has 0 aliphatic rings. The number of benzene rings is 2. The van der Waals surface area contributed by atoms with Crippen LogP contribution in [0.3, 0.4) is 0 Å². The van der Waals surface area contributed by atoms with E-state index >= 15 is 0 Å². The van der Waals surface area contributed by atoms with E-state index in [2.05, 4.69) is 4.72 Å². The van der Waals surface area contributed by atoms with Crippen LogP contribution in [0.1, 0.15) is 15.9 Å². The summed E-state index contributed by atoms with van der Waals surface area (Å²) in [5.74, 6) is 0.0521. The van der Waals surface area contributed by atoms with Crippen LogP contribution in [0.4, 0.5) is 0 Å². The molecule has 2 aromatic carbocycles. The van der Waals surface area contributed by atoms with Gasteiger partial charge in [-0.25, -0.2) is 0 Å². The van der Waals surface area contributed by atoms with Crippen molar-refractivity contribution in [3.8, 4) is 0 Å².